The lowest BCUT2D eigenvalue weighted by Crippen LogP contribution is -2.37. The van der Waals surface area contributed by atoms with Gasteiger partial charge in [-0.05, 0) is 11.6 Å². The second kappa shape index (κ2) is 10.8. The molecule has 7 nitrogen and oxygen atoms in total. The minimum Gasteiger partial charge on any atom is -0.462 e. The number of ether oxygens (including phenoxy) is 2. The van der Waals surface area contributed by atoms with Gasteiger partial charge in [0.25, 0.3) is 0 Å². The van der Waals surface area contributed by atoms with Crippen molar-refractivity contribution in [1.82, 2.24) is 0 Å². The topological polar surface area (TPSA) is 113 Å². The van der Waals surface area contributed by atoms with E-state index in [1.807, 2.05) is 30.3 Å². The van der Waals surface area contributed by atoms with Gasteiger partial charge in [0.1, 0.15) is 18.3 Å². The van der Waals surface area contributed by atoms with E-state index in [0.717, 1.165) is 11.6 Å². The molecule has 0 unspecified atom stereocenters. The summed E-state index contributed by atoms with van der Waals surface area (Å²) in [5, 5.41) is 30.3. The number of carbonyl (C=O) groups excluding carboxylic acids is 2. The average Bonchev–Trinajstić information content (AvgIpc) is 2.63. The van der Waals surface area contributed by atoms with E-state index in [9.17, 15) is 24.9 Å². The van der Waals surface area contributed by atoms with Crippen molar-refractivity contribution in [2.75, 3.05) is 0 Å². The van der Waals surface area contributed by atoms with E-state index < -0.39 is 42.5 Å². The molecule has 7 heteroatoms. The molecule has 152 valence electrons. The summed E-state index contributed by atoms with van der Waals surface area (Å²) >= 11 is 0. The van der Waals surface area contributed by atoms with Crippen LogP contribution in [0.15, 0.2) is 48.6 Å². The summed E-state index contributed by atoms with van der Waals surface area (Å²) in [6.45, 7) is 1.25. The molecule has 3 N–H and O–H groups in total. The highest BCUT2D eigenvalue weighted by atomic mass is 16.6. The quantitative estimate of drug-likeness (QED) is 0.546. The van der Waals surface area contributed by atoms with E-state index in [4.69, 9.17) is 9.47 Å². The van der Waals surface area contributed by atoms with Crippen molar-refractivity contribution < 1.29 is 34.4 Å². The number of hydrogen-bond acceptors (Lipinski definition) is 7. The molecular formula is C21H26O7. The minimum absolute atomic E-state index is 0.00897. The zero-order valence-electron chi connectivity index (χ0n) is 15.7. The molecule has 0 saturated carbocycles. The molecule has 5 atom stereocenters. The Hall–Kier alpha value is -2.48. The molecular weight excluding hydrogens is 364 g/mol. The van der Waals surface area contributed by atoms with Crippen molar-refractivity contribution in [3.8, 4) is 0 Å². The van der Waals surface area contributed by atoms with Crippen LogP contribution in [0, 0.1) is 0 Å². The normalized spacial score (nSPS) is 22.5. The first-order chi connectivity index (χ1) is 13.3. The van der Waals surface area contributed by atoms with Crippen LogP contribution in [-0.4, -0.2) is 57.8 Å². The van der Waals surface area contributed by atoms with E-state index in [1.165, 1.54) is 13.0 Å². The number of benzene rings is 1. The molecule has 2 rings (SSSR count). The highest BCUT2D eigenvalue weighted by Gasteiger charge is 2.29. The summed E-state index contributed by atoms with van der Waals surface area (Å²) in [5.41, 5.74) is 0.923. The van der Waals surface area contributed by atoms with Crippen LogP contribution in [0.25, 0.3) is 6.08 Å². The Bertz CT molecular complexity index is 698. The Morgan fingerprint density at radius 1 is 1.25 bits per heavy atom. The second-order valence-corrected chi connectivity index (χ2v) is 6.75. The SMILES string of the molecule is CC(=O)O[C@H](C[C@@H](O)C[C@@H]1OC(=O)C=C[C@@H]1O)C[C@H](O)/C=C/c1ccccc1. The van der Waals surface area contributed by atoms with Gasteiger partial charge in [-0.3, -0.25) is 4.79 Å². The van der Waals surface area contributed by atoms with Crippen LogP contribution in [0.2, 0.25) is 0 Å². The molecule has 0 bridgehead atoms. The summed E-state index contributed by atoms with van der Waals surface area (Å²) in [6.07, 6.45) is 1.47. The summed E-state index contributed by atoms with van der Waals surface area (Å²) < 4.78 is 10.2. The fourth-order valence-electron chi connectivity index (χ4n) is 2.98. The lowest BCUT2D eigenvalue weighted by atomic mass is 9.98. The van der Waals surface area contributed by atoms with Gasteiger partial charge in [0.15, 0.2) is 0 Å². The molecule has 28 heavy (non-hydrogen) atoms. The monoisotopic (exact) mass is 390 g/mol. The summed E-state index contributed by atoms with van der Waals surface area (Å²) in [6, 6.07) is 9.43. The van der Waals surface area contributed by atoms with Crippen molar-refractivity contribution in [3.05, 3.63) is 54.1 Å². The molecule has 0 radical (unpaired) electrons. The van der Waals surface area contributed by atoms with Gasteiger partial charge in [0.05, 0.1) is 12.2 Å². The number of aliphatic hydroxyl groups is 3. The molecule has 0 fully saturated rings. The molecule has 1 aromatic rings. The molecule has 0 saturated heterocycles. The van der Waals surface area contributed by atoms with Gasteiger partial charge in [-0.15, -0.1) is 0 Å². The lowest BCUT2D eigenvalue weighted by Gasteiger charge is -2.27. The number of esters is 2. The summed E-state index contributed by atoms with van der Waals surface area (Å²) in [4.78, 5) is 22.7. The predicted molar refractivity (Wildman–Crippen MR) is 102 cm³/mol. The number of carbonyl (C=O) groups is 2. The van der Waals surface area contributed by atoms with Gasteiger partial charge >= 0.3 is 11.9 Å². The molecule has 0 aliphatic carbocycles. The standard InChI is InChI=1S/C21H26O7/c1-14(22)27-18(11-16(23)8-7-15-5-3-2-4-6-15)12-17(24)13-20-19(25)9-10-21(26)28-20/h2-10,16-20,23-25H,11-13H2,1H3/b8-7+/t16-,17-,18+,19+,20+/m1/s1. The third kappa shape index (κ3) is 7.64. The van der Waals surface area contributed by atoms with Gasteiger partial charge in [-0.25, -0.2) is 4.79 Å². The smallest absolute Gasteiger partial charge is 0.330 e. The Kier molecular flexibility index (Phi) is 8.38. The Morgan fingerprint density at radius 3 is 2.64 bits per heavy atom. The number of aliphatic hydroxyl groups excluding tert-OH is 3. The Labute approximate surface area is 163 Å². The largest absolute Gasteiger partial charge is 0.462 e. The molecule has 1 aliphatic rings. The third-order valence-corrected chi connectivity index (χ3v) is 4.26. The maximum Gasteiger partial charge on any atom is 0.330 e. The first kappa shape index (κ1) is 21.8. The maximum absolute atomic E-state index is 11.4. The predicted octanol–water partition coefficient (Wildman–Crippen LogP) is 1.37. The van der Waals surface area contributed by atoms with Crippen molar-refractivity contribution in [2.45, 2.75) is 56.7 Å². The number of cyclic esters (lactones) is 1. The van der Waals surface area contributed by atoms with Crippen molar-refractivity contribution >= 4 is 18.0 Å². The highest BCUT2D eigenvalue weighted by molar-refractivity contribution is 5.83. The van der Waals surface area contributed by atoms with Crippen molar-refractivity contribution in [1.29, 1.82) is 0 Å². The van der Waals surface area contributed by atoms with E-state index >= 15 is 0 Å². The zero-order chi connectivity index (χ0) is 20.5. The van der Waals surface area contributed by atoms with Gasteiger partial charge in [-0.2, -0.15) is 0 Å². The van der Waals surface area contributed by atoms with Crippen LogP contribution in [0.1, 0.15) is 31.7 Å². The molecule has 0 amide bonds. The zero-order valence-corrected chi connectivity index (χ0v) is 15.7. The van der Waals surface area contributed by atoms with Gasteiger partial charge in [0, 0.05) is 32.3 Å². The number of rotatable bonds is 9. The average molecular weight is 390 g/mol. The van der Waals surface area contributed by atoms with Crippen LogP contribution in [0.3, 0.4) is 0 Å². The van der Waals surface area contributed by atoms with E-state index in [0.29, 0.717) is 0 Å². The van der Waals surface area contributed by atoms with Gasteiger partial charge in [-0.1, -0.05) is 42.5 Å². The fraction of sp³-hybridized carbons (Fsp3) is 0.429. The van der Waals surface area contributed by atoms with Crippen LogP contribution in [0.5, 0.6) is 0 Å². The van der Waals surface area contributed by atoms with Crippen LogP contribution in [0.4, 0.5) is 0 Å². The summed E-state index contributed by atoms with van der Waals surface area (Å²) in [5.74, 6) is -1.11. The molecule has 1 aliphatic heterocycles. The molecule has 1 aromatic carbocycles. The first-order valence-electron chi connectivity index (χ1n) is 9.17. The van der Waals surface area contributed by atoms with E-state index in [-0.39, 0.29) is 19.3 Å². The third-order valence-electron chi connectivity index (χ3n) is 4.26. The van der Waals surface area contributed by atoms with Crippen LogP contribution < -0.4 is 0 Å². The lowest BCUT2D eigenvalue weighted by molar-refractivity contribution is -0.153. The van der Waals surface area contributed by atoms with Gasteiger partial charge in [0.2, 0.25) is 0 Å². The summed E-state index contributed by atoms with van der Waals surface area (Å²) in [7, 11) is 0. The number of hydrogen-bond donors (Lipinski definition) is 3. The van der Waals surface area contributed by atoms with E-state index in [1.54, 1.807) is 12.2 Å². The first-order valence-corrected chi connectivity index (χ1v) is 9.17. The van der Waals surface area contributed by atoms with Crippen LogP contribution >= 0.6 is 0 Å². The minimum atomic E-state index is -1.00. The Morgan fingerprint density at radius 2 is 1.96 bits per heavy atom. The van der Waals surface area contributed by atoms with E-state index in [2.05, 4.69) is 0 Å². The van der Waals surface area contributed by atoms with Crippen LogP contribution in [-0.2, 0) is 19.1 Å². The highest BCUT2D eigenvalue weighted by Crippen LogP contribution is 2.19. The molecule has 1 heterocycles. The van der Waals surface area contributed by atoms with Crippen molar-refractivity contribution in [2.24, 2.45) is 0 Å². The van der Waals surface area contributed by atoms with Crippen molar-refractivity contribution in [3.63, 3.8) is 0 Å². The maximum atomic E-state index is 11.4. The molecule has 0 aromatic heterocycles. The second-order valence-electron chi connectivity index (χ2n) is 6.75. The van der Waals surface area contributed by atoms with Gasteiger partial charge < -0.3 is 24.8 Å². The molecule has 0 spiro atoms. The Balaban J connectivity index is 1.91. The fourth-order valence-corrected chi connectivity index (χ4v) is 2.98.